The Balaban J connectivity index is 1.46. The molecule has 9 nitrogen and oxygen atoms in total. The first-order chi connectivity index (χ1) is 14.3. The molecule has 30 heavy (non-hydrogen) atoms. The van der Waals surface area contributed by atoms with E-state index in [0.29, 0.717) is 17.4 Å². The topological polar surface area (TPSA) is 98.5 Å². The van der Waals surface area contributed by atoms with Gasteiger partial charge in [0.25, 0.3) is 0 Å². The van der Waals surface area contributed by atoms with Crippen LogP contribution in [0.4, 0.5) is 11.5 Å². The lowest BCUT2D eigenvalue weighted by Crippen LogP contribution is -2.54. The maximum absolute atomic E-state index is 13.0. The van der Waals surface area contributed by atoms with Crippen molar-refractivity contribution in [1.82, 2.24) is 25.0 Å². The average molecular weight is 435 g/mol. The second-order valence-electron chi connectivity index (χ2n) is 8.18. The lowest BCUT2D eigenvalue weighted by Gasteiger charge is -2.41. The molecular formula is C20H32N7O2S+. The van der Waals surface area contributed by atoms with E-state index < -0.39 is 10.4 Å². The molecule has 0 aliphatic carbocycles. The number of hydrogen-bond donors (Lipinski definition) is 3. The van der Waals surface area contributed by atoms with Crippen molar-refractivity contribution in [3.63, 3.8) is 0 Å². The quantitative estimate of drug-likeness (QED) is 0.616. The average Bonchev–Trinajstić information content (AvgIpc) is 3.00. The summed E-state index contributed by atoms with van der Waals surface area (Å²) >= 11 is 0. The molecule has 0 spiro atoms. The summed E-state index contributed by atoms with van der Waals surface area (Å²) in [6, 6.07) is 4.10. The second kappa shape index (κ2) is 8.62. The molecule has 164 valence electrons. The Morgan fingerprint density at radius 1 is 1.23 bits per heavy atom. The van der Waals surface area contributed by atoms with Crippen molar-refractivity contribution >= 4 is 21.9 Å². The molecule has 4 heterocycles. The third-order valence-corrected chi connectivity index (χ3v) is 7.54. The number of rotatable bonds is 5. The minimum atomic E-state index is -3.47. The summed E-state index contributed by atoms with van der Waals surface area (Å²) in [5, 5.41) is 7.71. The van der Waals surface area contributed by atoms with Crippen LogP contribution in [-0.2, 0) is 21.7 Å². The number of aryl methyl sites for hydroxylation is 2. The highest BCUT2D eigenvalue weighted by molar-refractivity contribution is 7.99. The Hall–Kier alpha value is -2.01. The lowest BCUT2D eigenvalue weighted by atomic mass is 10.0. The van der Waals surface area contributed by atoms with Crippen molar-refractivity contribution in [2.24, 2.45) is 7.05 Å². The van der Waals surface area contributed by atoms with Gasteiger partial charge in [-0.05, 0) is 37.0 Å². The van der Waals surface area contributed by atoms with Gasteiger partial charge in [-0.2, -0.15) is 14.4 Å². The molecule has 2 aliphatic rings. The van der Waals surface area contributed by atoms with Gasteiger partial charge in [0, 0.05) is 58.4 Å². The van der Waals surface area contributed by atoms with Crippen LogP contribution in [0.15, 0.2) is 23.2 Å². The summed E-state index contributed by atoms with van der Waals surface area (Å²) in [6.07, 6.45) is 3.86. The number of piperazine rings is 1. The van der Waals surface area contributed by atoms with E-state index in [9.17, 15) is 8.76 Å². The highest BCUT2D eigenvalue weighted by Gasteiger charge is 2.33. The molecule has 0 aromatic carbocycles. The first kappa shape index (κ1) is 21.2. The molecule has 10 heteroatoms. The smallest absolute Gasteiger partial charge is 0.347 e. The van der Waals surface area contributed by atoms with Crippen LogP contribution >= 0.6 is 0 Å². The standard InChI is InChI=1S/C20H31N7O2S/c1-15-20(16(2)25(3)23-15)24-30(28,29)18-6-7-19(22-13-18)27-10-4-5-17(14-27)26-11-8-21-9-12-26/h6-7,13,17,21H,4-5,8-12,14H2,1-3H3,(H-,24,28,29)/p+1. The van der Waals surface area contributed by atoms with Gasteiger partial charge in [0.05, 0.1) is 17.6 Å². The molecule has 2 aromatic heterocycles. The first-order valence-electron chi connectivity index (χ1n) is 10.6. The Labute approximate surface area is 179 Å². The summed E-state index contributed by atoms with van der Waals surface area (Å²) in [4.78, 5) is 9.67. The van der Waals surface area contributed by atoms with E-state index in [4.69, 9.17) is 0 Å². The van der Waals surface area contributed by atoms with Gasteiger partial charge in [-0.3, -0.25) is 9.58 Å². The number of anilines is 2. The van der Waals surface area contributed by atoms with Crippen LogP contribution in [0.3, 0.4) is 0 Å². The fraction of sp³-hybridized carbons (Fsp3) is 0.600. The van der Waals surface area contributed by atoms with Crippen LogP contribution in [0.5, 0.6) is 0 Å². The van der Waals surface area contributed by atoms with E-state index in [1.165, 1.54) is 12.6 Å². The third-order valence-electron chi connectivity index (χ3n) is 6.18. The van der Waals surface area contributed by atoms with Crippen LogP contribution in [0.2, 0.25) is 0 Å². The minimum Gasteiger partial charge on any atom is -0.355 e. The first-order valence-corrected chi connectivity index (χ1v) is 12.1. The molecule has 2 aromatic rings. The summed E-state index contributed by atoms with van der Waals surface area (Å²) in [7, 11) is -1.66. The summed E-state index contributed by atoms with van der Waals surface area (Å²) in [5.41, 5.74) is 2.09. The zero-order valence-corrected chi connectivity index (χ0v) is 18.8. The van der Waals surface area contributed by atoms with Gasteiger partial charge < -0.3 is 10.2 Å². The Morgan fingerprint density at radius 2 is 2.00 bits per heavy atom. The van der Waals surface area contributed by atoms with Crippen molar-refractivity contribution in [2.75, 3.05) is 48.9 Å². The molecule has 3 N–H and O–H groups in total. The van der Waals surface area contributed by atoms with Crippen molar-refractivity contribution in [3.8, 4) is 0 Å². The van der Waals surface area contributed by atoms with Crippen LogP contribution in [-0.4, -0.2) is 69.5 Å². The second-order valence-corrected chi connectivity index (χ2v) is 9.90. The number of nitrogens with zero attached hydrogens (tertiary/aromatic N) is 5. The molecule has 2 fully saturated rings. The molecular weight excluding hydrogens is 402 g/mol. The molecule has 0 bridgehead atoms. The Morgan fingerprint density at radius 3 is 2.63 bits per heavy atom. The lowest BCUT2D eigenvalue weighted by molar-refractivity contribution is 0.156. The zero-order valence-electron chi connectivity index (χ0n) is 18.0. The number of hydrogen-bond acceptors (Lipinski definition) is 6. The fourth-order valence-electron chi connectivity index (χ4n) is 4.35. The van der Waals surface area contributed by atoms with Crippen LogP contribution in [0, 0.1) is 13.8 Å². The molecule has 0 amide bonds. The number of nitrogens with one attached hydrogen (secondary N) is 2. The minimum absolute atomic E-state index is 0.268. The monoisotopic (exact) mass is 434 g/mol. The molecule has 2 aliphatic heterocycles. The Kier molecular flexibility index (Phi) is 6.10. The molecule has 0 radical (unpaired) electrons. The molecule has 2 atom stereocenters. The Bertz CT molecular complexity index is 924. The van der Waals surface area contributed by atoms with Crippen molar-refractivity contribution in [1.29, 1.82) is 0 Å². The van der Waals surface area contributed by atoms with E-state index >= 15 is 0 Å². The van der Waals surface area contributed by atoms with Crippen LogP contribution < -0.4 is 14.9 Å². The summed E-state index contributed by atoms with van der Waals surface area (Å²) < 4.78 is 28.1. The van der Waals surface area contributed by atoms with E-state index in [0.717, 1.165) is 57.2 Å². The van der Waals surface area contributed by atoms with Gasteiger partial charge in [0.2, 0.25) is 4.90 Å². The SMILES string of the molecule is Cc1nn(C)c(C)c1N[S+](=O)(O)c1ccc(N2CCCC(N3CCNCC3)C2)nc1. The van der Waals surface area contributed by atoms with Crippen molar-refractivity contribution < 1.29 is 8.76 Å². The van der Waals surface area contributed by atoms with E-state index in [-0.39, 0.29) is 4.90 Å². The third kappa shape index (κ3) is 4.36. The van der Waals surface area contributed by atoms with Gasteiger partial charge >= 0.3 is 10.4 Å². The number of pyridine rings is 1. The zero-order chi connectivity index (χ0) is 21.3. The van der Waals surface area contributed by atoms with Crippen molar-refractivity contribution in [2.45, 2.75) is 37.6 Å². The highest BCUT2D eigenvalue weighted by atomic mass is 32.3. The molecule has 2 unspecified atom stereocenters. The maximum atomic E-state index is 13.0. The molecule has 0 saturated carbocycles. The van der Waals surface area contributed by atoms with Gasteiger partial charge in [0.15, 0.2) is 0 Å². The van der Waals surface area contributed by atoms with Crippen molar-refractivity contribution in [3.05, 3.63) is 29.7 Å². The van der Waals surface area contributed by atoms with E-state index in [1.54, 1.807) is 10.7 Å². The highest BCUT2D eigenvalue weighted by Crippen LogP contribution is 2.27. The van der Waals surface area contributed by atoms with E-state index in [2.05, 4.69) is 29.9 Å². The predicted molar refractivity (Wildman–Crippen MR) is 119 cm³/mol. The van der Waals surface area contributed by atoms with Gasteiger partial charge in [0.1, 0.15) is 11.5 Å². The van der Waals surface area contributed by atoms with Crippen LogP contribution in [0.1, 0.15) is 24.2 Å². The summed E-state index contributed by atoms with van der Waals surface area (Å²) in [5.74, 6) is 0.863. The van der Waals surface area contributed by atoms with Crippen LogP contribution in [0.25, 0.3) is 0 Å². The predicted octanol–water partition coefficient (Wildman–Crippen LogP) is 1.66. The van der Waals surface area contributed by atoms with Gasteiger partial charge in [-0.25, -0.2) is 4.98 Å². The number of piperidine rings is 1. The fourth-order valence-corrected chi connectivity index (χ4v) is 5.49. The largest absolute Gasteiger partial charge is 0.355 e. The summed E-state index contributed by atoms with van der Waals surface area (Å²) in [6.45, 7) is 9.89. The molecule has 4 rings (SSSR count). The maximum Gasteiger partial charge on any atom is 0.347 e. The van der Waals surface area contributed by atoms with E-state index in [1.807, 2.05) is 27.0 Å². The molecule has 2 saturated heterocycles. The van der Waals surface area contributed by atoms with Gasteiger partial charge in [-0.15, -0.1) is 0 Å². The normalized spacial score (nSPS) is 22.7. The van der Waals surface area contributed by atoms with Gasteiger partial charge in [-0.1, -0.05) is 0 Å². The number of aromatic nitrogens is 3.